The fourth-order valence-corrected chi connectivity index (χ4v) is 1.42. The lowest BCUT2D eigenvalue weighted by molar-refractivity contribution is -0.479. The van der Waals surface area contributed by atoms with Gasteiger partial charge in [0.1, 0.15) is 0 Å². The average Bonchev–Trinajstić information content (AvgIpc) is 2.25. The minimum Gasteiger partial charge on any atom is -0.478 e. The van der Waals surface area contributed by atoms with E-state index in [4.69, 9.17) is 16.7 Å². The first kappa shape index (κ1) is 13.2. The molecule has 0 bridgehead atoms. The summed E-state index contributed by atoms with van der Waals surface area (Å²) < 4.78 is 0. The van der Waals surface area contributed by atoms with Gasteiger partial charge in [0.15, 0.2) is 0 Å². The first-order valence-corrected chi connectivity index (χ1v) is 5.18. The molecule has 0 amide bonds. The fraction of sp³-hybridized carbons (Fsp3) is 0.182. The van der Waals surface area contributed by atoms with Crippen LogP contribution in [0.3, 0.4) is 0 Å². The molecule has 0 unspecified atom stereocenters. The second-order valence-corrected chi connectivity index (χ2v) is 3.71. The van der Waals surface area contributed by atoms with E-state index in [-0.39, 0.29) is 12.0 Å². The molecule has 0 aliphatic heterocycles. The minimum atomic E-state index is -1.17. The predicted octanol–water partition coefficient (Wildman–Crippen LogP) is 2.47. The molecule has 90 valence electrons. The van der Waals surface area contributed by atoms with Crippen LogP contribution in [-0.4, -0.2) is 22.5 Å². The normalized spacial score (nSPS) is 11.2. The van der Waals surface area contributed by atoms with Gasteiger partial charge in [0, 0.05) is 21.9 Å². The van der Waals surface area contributed by atoms with Crippen LogP contribution in [-0.2, 0) is 4.79 Å². The van der Waals surface area contributed by atoms with Crippen LogP contribution in [0.4, 0.5) is 0 Å². The van der Waals surface area contributed by atoms with E-state index >= 15 is 0 Å². The molecule has 1 aromatic rings. The van der Waals surface area contributed by atoms with Gasteiger partial charge in [-0.15, -0.1) is 0 Å². The molecule has 0 atom stereocenters. The maximum Gasteiger partial charge on any atom is 0.331 e. The molecule has 1 rings (SSSR count). The summed E-state index contributed by atoms with van der Waals surface area (Å²) in [6, 6.07) is 6.71. The van der Waals surface area contributed by atoms with Crippen molar-refractivity contribution < 1.29 is 14.8 Å². The van der Waals surface area contributed by atoms with Gasteiger partial charge in [0.05, 0.1) is 0 Å². The van der Waals surface area contributed by atoms with E-state index in [0.717, 1.165) is 0 Å². The Morgan fingerprint density at radius 2 is 2.12 bits per heavy atom. The molecule has 17 heavy (non-hydrogen) atoms. The van der Waals surface area contributed by atoms with Crippen molar-refractivity contribution in [2.45, 2.75) is 6.42 Å². The SMILES string of the molecule is O=C(O)/C(=C/c1ccccc1Cl)CC[N+](=O)[O-]. The van der Waals surface area contributed by atoms with Crippen molar-refractivity contribution in [1.29, 1.82) is 0 Å². The third-order valence-electron chi connectivity index (χ3n) is 2.07. The summed E-state index contributed by atoms with van der Waals surface area (Å²) in [5.41, 5.74) is 0.504. The quantitative estimate of drug-likeness (QED) is 0.498. The van der Waals surface area contributed by atoms with E-state index in [1.165, 1.54) is 6.08 Å². The maximum absolute atomic E-state index is 10.9. The van der Waals surface area contributed by atoms with Gasteiger partial charge in [-0.2, -0.15) is 0 Å². The number of halogens is 1. The number of carboxylic acid groups (broad SMARTS) is 1. The Bertz CT molecular complexity index is 470. The highest BCUT2D eigenvalue weighted by molar-refractivity contribution is 6.32. The molecule has 5 nitrogen and oxygen atoms in total. The molecule has 0 saturated heterocycles. The number of carboxylic acids is 1. The highest BCUT2D eigenvalue weighted by Crippen LogP contribution is 2.19. The number of hydrogen-bond donors (Lipinski definition) is 1. The molecule has 6 heteroatoms. The Morgan fingerprint density at radius 1 is 1.47 bits per heavy atom. The molecule has 0 fully saturated rings. The summed E-state index contributed by atoms with van der Waals surface area (Å²) >= 11 is 5.86. The predicted molar refractivity (Wildman–Crippen MR) is 63.5 cm³/mol. The third-order valence-corrected chi connectivity index (χ3v) is 2.42. The van der Waals surface area contributed by atoms with Crippen LogP contribution in [0.25, 0.3) is 6.08 Å². The Kier molecular flexibility index (Phi) is 4.66. The second-order valence-electron chi connectivity index (χ2n) is 3.30. The highest BCUT2D eigenvalue weighted by Gasteiger charge is 2.11. The van der Waals surface area contributed by atoms with Gasteiger partial charge in [-0.05, 0) is 17.7 Å². The summed E-state index contributed by atoms with van der Waals surface area (Å²) in [6.45, 7) is -0.414. The van der Waals surface area contributed by atoms with Crippen LogP contribution < -0.4 is 0 Å². The molecule has 0 heterocycles. The molecule has 0 aromatic heterocycles. The molecular weight excluding hydrogens is 246 g/mol. The minimum absolute atomic E-state index is 0.0326. The Labute approximate surface area is 102 Å². The van der Waals surface area contributed by atoms with E-state index in [9.17, 15) is 14.9 Å². The van der Waals surface area contributed by atoms with Crippen molar-refractivity contribution >= 4 is 23.6 Å². The molecule has 0 spiro atoms. The van der Waals surface area contributed by atoms with Crippen LogP contribution in [0.2, 0.25) is 5.02 Å². The molecule has 0 aliphatic carbocycles. The van der Waals surface area contributed by atoms with Crippen LogP contribution in [0.1, 0.15) is 12.0 Å². The Balaban J connectivity index is 2.94. The number of nitrogens with zero attached hydrogens (tertiary/aromatic N) is 1. The van der Waals surface area contributed by atoms with Crippen LogP contribution >= 0.6 is 11.6 Å². The van der Waals surface area contributed by atoms with E-state index < -0.39 is 17.4 Å². The zero-order chi connectivity index (χ0) is 12.8. The molecule has 1 aromatic carbocycles. The van der Waals surface area contributed by atoms with E-state index in [2.05, 4.69) is 0 Å². The van der Waals surface area contributed by atoms with Gasteiger partial charge >= 0.3 is 5.97 Å². The number of nitro groups is 1. The fourth-order valence-electron chi connectivity index (χ4n) is 1.23. The highest BCUT2D eigenvalue weighted by atomic mass is 35.5. The standard InChI is InChI=1S/C11H10ClNO4/c12-10-4-2-1-3-8(10)7-9(11(14)15)5-6-13(16)17/h1-4,7H,5-6H2,(H,14,15)/b9-7+. The lowest BCUT2D eigenvalue weighted by atomic mass is 10.1. The van der Waals surface area contributed by atoms with Crippen molar-refractivity contribution in [3.63, 3.8) is 0 Å². The lowest BCUT2D eigenvalue weighted by Crippen LogP contribution is -2.08. The Morgan fingerprint density at radius 3 is 2.65 bits per heavy atom. The summed E-state index contributed by atoms with van der Waals surface area (Å²) in [5.74, 6) is -1.17. The lowest BCUT2D eigenvalue weighted by Gasteiger charge is -2.01. The number of aliphatic carboxylic acids is 1. The van der Waals surface area contributed by atoms with Gasteiger partial charge in [0.25, 0.3) is 0 Å². The second kappa shape index (κ2) is 6.00. The number of carbonyl (C=O) groups is 1. The summed E-state index contributed by atoms with van der Waals surface area (Å²) in [4.78, 5) is 20.5. The monoisotopic (exact) mass is 255 g/mol. The van der Waals surface area contributed by atoms with Crippen LogP contribution in [0.15, 0.2) is 29.8 Å². The van der Waals surface area contributed by atoms with Crippen molar-refractivity contribution in [3.8, 4) is 0 Å². The number of benzene rings is 1. The zero-order valence-corrected chi connectivity index (χ0v) is 9.55. The summed E-state index contributed by atoms with van der Waals surface area (Å²) in [7, 11) is 0. The average molecular weight is 256 g/mol. The van der Waals surface area contributed by atoms with Gasteiger partial charge < -0.3 is 5.11 Å². The van der Waals surface area contributed by atoms with Gasteiger partial charge in [-0.3, -0.25) is 10.1 Å². The van der Waals surface area contributed by atoms with E-state index in [1.807, 2.05) is 0 Å². The van der Waals surface area contributed by atoms with Gasteiger partial charge in [-0.25, -0.2) is 4.79 Å². The number of hydrogen-bond acceptors (Lipinski definition) is 3. The van der Waals surface area contributed by atoms with E-state index in [0.29, 0.717) is 10.6 Å². The zero-order valence-electron chi connectivity index (χ0n) is 8.80. The smallest absolute Gasteiger partial charge is 0.331 e. The Hall–Kier alpha value is -1.88. The van der Waals surface area contributed by atoms with Crippen molar-refractivity contribution in [1.82, 2.24) is 0 Å². The van der Waals surface area contributed by atoms with Crippen molar-refractivity contribution in [2.24, 2.45) is 0 Å². The molecule has 0 aliphatic rings. The molecule has 1 N–H and O–H groups in total. The van der Waals surface area contributed by atoms with Crippen molar-refractivity contribution in [3.05, 3.63) is 50.5 Å². The van der Waals surface area contributed by atoms with Crippen LogP contribution in [0.5, 0.6) is 0 Å². The summed E-state index contributed by atoms with van der Waals surface area (Å²) in [5, 5.41) is 19.5. The first-order chi connectivity index (χ1) is 8.00. The van der Waals surface area contributed by atoms with Crippen LogP contribution in [0, 0.1) is 10.1 Å². The van der Waals surface area contributed by atoms with Gasteiger partial charge in [0.2, 0.25) is 6.54 Å². The molecular formula is C11H10ClNO4. The largest absolute Gasteiger partial charge is 0.478 e. The maximum atomic E-state index is 10.9. The van der Waals surface area contributed by atoms with Crippen molar-refractivity contribution in [2.75, 3.05) is 6.54 Å². The molecule has 0 saturated carbocycles. The topological polar surface area (TPSA) is 80.4 Å². The van der Waals surface area contributed by atoms with E-state index in [1.54, 1.807) is 24.3 Å². The first-order valence-electron chi connectivity index (χ1n) is 4.81. The number of rotatable bonds is 5. The third kappa shape index (κ3) is 4.24. The molecule has 0 radical (unpaired) electrons. The van der Waals surface area contributed by atoms with Gasteiger partial charge in [-0.1, -0.05) is 29.8 Å². The summed E-state index contributed by atoms with van der Waals surface area (Å²) in [6.07, 6.45) is 1.22.